The number of allylic oxidation sites excluding steroid dienone is 1. The highest BCUT2D eigenvalue weighted by molar-refractivity contribution is 5.38. The van der Waals surface area contributed by atoms with E-state index in [2.05, 4.69) is 45.5 Å². The maximum absolute atomic E-state index is 4.46. The summed E-state index contributed by atoms with van der Waals surface area (Å²) < 4.78 is 0. The minimum Gasteiger partial charge on any atom is -0.0996 e. The van der Waals surface area contributed by atoms with Crippen LogP contribution in [0.5, 0.6) is 0 Å². The maximum Gasteiger partial charge on any atom is -0.00366 e. The zero-order valence-electron chi connectivity index (χ0n) is 14.5. The van der Waals surface area contributed by atoms with Crippen LogP contribution in [0.15, 0.2) is 30.4 Å². The Morgan fingerprint density at radius 1 is 1.18 bits per heavy atom. The number of hydrogen-bond acceptors (Lipinski definition) is 0. The standard InChI is InChI=1S/C22H30/c1-14(2)22-12-11-19-18-8-5-15(3)13-17(18)7-9-20(19)21(22)10-6-16(22)4/h5,8,13,16,19-21H,1,6-7,9-12H2,2-4H3. The van der Waals surface area contributed by atoms with E-state index in [-0.39, 0.29) is 0 Å². The molecule has 2 saturated carbocycles. The van der Waals surface area contributed by atoms with Crippen molar-refractivity contribution >= 4 is 0 Å². The van der Waals surface area contributed by atoms with Crippen molar-refractivity contribution in [3.05, 3.63) is 47.0 Å². The van der Waals surface area contributed by atoms with Gasteiger partial charge < -0.3 is 0 Å². The van der Waals surface area contributed by atoms with E-state index in [0.29, 0.717) is 5.41 Å². The SMILES string of the molecule is C=C(C)C12CCC3c4ccc(C)cc4CCC3C1CCC2C. The van der Waals surface area contributed by atoms with E-state index in [0.717, 1.165) is 23.7 Å². The summed E-state index contributed by atoms with van der Waals surface area (Å²) in [4.78, 5) is 0. The normalized spacial score (nSPS) is 39.8. The van der Waals surface area contributed by atoms with Gasteiger partial charge in [0.2, 0.25) is 0 Å². The van der Waals surface area contributed by atoms with Gasteiger partial charge in [0, 0.05) is 0 Å². The van der Waals surface area contributed by atoms with Crippen molar-refractivity contribution in [1.29, 1.82) is 0 Å². The van der Waals surface area contributed by atoms with Gasteiger partial charge in [-0.2, -0.15) is 0 Å². The molecule has 22 heavy (non-hydrogen) atoms. The number of fused-ring (bicyclic) bond motifs is 5. The van der Waals surface area contributed by atoms with E-state index in [1.807, 2.05) is 0 Å². The summed E-state index contributed by atoms with van der Waals surface area (Å²) in [7, 11) is 0. The molecule has 4 rings (SSSR count). The lowest BCUT2D eigenvalue weighted by Gasteiger charge is -2.52. The minimum atomic E-state index is 0.462. The molecule has 2 fully saturated rings. The number of hydrogen-bond donors (Lipinski definition) is 0. The molecule has 0 spiro atoms. The third-order valence-electron chi connectivity index (χ3n) is 7.59. The summed E-state index contributed by atoms with van der Waals surface area (Å²) in [5.74, 6) is 3.47. The second-order valence-electron chi connectivity index (χ2n) is 8.46. The molecule has 1 aromatic carbocycles. The quantitative estimate of drug-likeness (QED) is 0.554. The first-order chi connectivity index (χ1) is 10.5. The van der Waals surface area contributed by atoms with E-state index in [1.54, 1.807) is 11.1 Å². The van der Waals surface area contributed by atoms with Gasteiger partial charge in [-0.25, -0.2) is 0 Å². The van der Waals surface area contributed by atoms with Crippen LogP contribution in [-0.2, 0) is 6.42 Å². The van der Waals surface area contributed by atoms with E-state index < -0.39 is 0 Å². The molecule has 0 N–H and O–H groups in total. The Kier molecular flexibility index (Phi) is 3.29. The molecule has 118 valence electrons. The van der Waals surface area contributed by atoms with Gasteiger partial charge >= 0.3 is 0 Å². The summed E-state index contributed by atoms with van der Waals surface area (Å²) in [6, 6.07) is 7.23. The minimum absolute atomic E-state index is 0.462. The molecule has 0 bridgehead atoms. The summed E-state index contributed by atoms with van der Waals surface area (Å²) in [6.45, 7) is 11.5. The highest BCUT2D eigenvalue weighted by Crippen LogP contribution is 2.65. The topological polar surface area (TPSA) is 0 Å². The Hall–Kier alpha value is -1.04. The second kappa shape index (κ2) is 4.98. The van der Waals surface area contributed by atoms with Crippen molar-refractivity contribution in [2.24, 2.45) is 23.2 Å². The van der Waals surface area contributed by atoms with Crippen LogP contribution >= 0.6 is 0 Å². The van der Waals surface area contributed by atoms with Gasteiger partial charge in [0.05, 0.1) is 0 Å². The van der Waals surface area contributed by atoms with Crippen LogP contribution in [0.4, 0.5) is 0 Å². The van der Waals surface area contributed by atoms with E-state index in [1.165, 1.54) is 49.7 Å². The third kappa shape index (κ3) is 1.82. The molecule has 0 aromatic heterocycles. The Bertz CT molecular complexity index is 610. The summed E-state index contributed by atoms with van der Waals surface area (Å²) >= 11 is 0. The third-order valence-corrected chi connectivity index (χ3v) is 7.59. The van der Waals surface area contributed by atoms with Crippen LogP contribution in [0.25, 0.3) is 0 Å². The van der Waals surface area contributed by atoms with Crippen molar-refractivity contribution in [2.45, 2.75) is 65.2 Å². The molecule has 0 aliphatic heterocycles. The van der Waals surface area contributed by atoms with E-state index in [4.69, 9.17) is 0 Å². The van der Waals surface area contributed by atoms with Gasteiger partial charge in [-0.15, -0.1) is 0 Å². The average molecular weight is 294 g/mol. The van der Waals surface area contributed by atoms with Crippen molar-refractivity contribution in [3.63, 3.8) is 0 Å². The first kappa shape index (κ1) is 14.5. The zero-order valence-corrected chi connectivity index (χ0v) is 14.5. The van der Waals surface area contributed by atoms with Gasteiger partial charge in [0.25, 0.3) is 0 Å². The van der Waals surface area contributed by atoms with E-state index in [9.17, 15) is 0 Å². The van der Waals surface area contributed by atoms with Crippen molar-refractivity contribution in [1.82, 2.24) is 0 Å². The number of rotatable bonds is 1. The predicted octanol–water partition coefficient (Wildman–Crippen LogP) is 6.04. The van der Waals surface area contributed by atoms with Crippen molar-refractivity contribution in [2.75, 3.05) is 0 Å². The van der Waals surface area contributed by atoms with Crippen molar-refractivity contribution in [3.8, 4) is 0 Å². The van der Waals surface area contributed by atoms with Gasteiger partial charge in [0.1, 0.15) is 0 Å². The highest BCUT2D eigenvalue weighted by Gasteiger charge is 2.56. The molecule has 3 aliphatic carbocycles. The van der Waals surface area contributed by atoms with Crippen LogP contribution in [0.2, 0.25) is 0 Å². The molecule has 5 unspecified atom stereocenters. The molecule has 0 radical (unpaired) electrons. The Labute approximate surface area is 136 Å². The Morgan fingerprint density at radius 2 is 2.00 bits per heavy atom. The first-order valence-electron chi connectivity index (χ1n) is 9.29. The largest absolute Gasteiger partial charge is 0.0996 e. The fraction of sp³-hybridized carbons (Fsp3) is 0.636. The predicted molar refractivity (Wildman–Crippen MR) is 94.1 cm³/mol. The second-order valence-corrected chi connectivity index (χ2v) is 8.46. The molecule has 3 aliphatic rings. The molecule has 0 saturated heterocycles. The van der Waals surface area contributed by atoms with Crippen LogP contribution in [-0.4, -0.2) is 0 Å². The maximum atomic E-state index is 4.46. The molecular formula is C22H30. The first-order valence-corrected chi connectivity index (χ1v) is 9.29. The van der Waals surface area contributed by atoms with Gasteiger partial charge in [-0.1, -0.05) is 42.8 Å². The summed E-state index contributed by atoms with van der Waals surface area (Å²) in [5, 5.41) is 0. The van der Waals surface area contributed by atoms with Crippen LogP contribution in [0.1, 0.15) is 68.6 Å². The summed E-state index contributed by atoms with van der Waals surface area (Å²) in [6.07, 6.45) is 8.33. The highest BCUT2D eigenvalue weighted by atomic mass is 14.6. The molecule has 5 atom stereocenters. The van der Waals surface area contributed by atoms with Gasteiger partial charge in [-0.3, -0.25) is 0 Å². The fourth-order valence-electron chi connectivity index (χ4n) is 6.60. The Morgan fingerprint density at radius 3 is 2.77 bits per heavy atom. The molecule has 0 heterocycles. The molecular weight excluding hydrogens is 264 g/mol. The lowest BCUT2D eigenvalue weighted by molar-refractivity contribution is 0.0492. The fourth-order valence-corrected chi connectivity index (χ4v) is 6.60. The van der Waals surface area contributed by atoms with Crippen LogP contribution < -0.4 is 0 Å². The lowest BCUT2D eigenvalue weighted by atomic mass is 9.52. The number of benzene rings is 1. The van der Waals surface area contributed by atoms with Gasteiger partial charge in [0.15, 0.2) is 0 Å². The van der Waals surface area contributed by atoms with E-state index >= 15 is 0 Å². The summed E-state index contributed by atoms with van der Waals surface area (Å²) in [5.41, 5.74) is 6.71. The zero-order chi connectivity index (χ0) is 15.5. The molecule has 0 nitrogen and oxygen atoms in total. The average Bonchev–Trinajstić information content (AvgIpc) is 2.85. The van der Waals surface area contributed by atoms with Crippen LogP contribution in [0, 0.1) is 30.1 Å². The smallest absolute Gasteiger partial charge is 0.00366 e. The molecule has 1 aromatic rings. The lowest BCUT2D eigenvalue weighted by Crippen LogP contribution is -2.44. The van der Waals surface area contributed by atoms with Crippen molar-refractivity contribution < 1.29 is 0 Å². The van der Waals surface area contributed by atoms with Gasteiger partial charge in [-0.05, 0) is 92.6 Å². The van der Waals surface area contributed by atoms with Crippen LogP contribution in [0.3, 0.4) is 0 Å². The number of aryl methyl sites for hydroxylation is 2. The molecule has 0 amide bonds. The Balaban J connectivity index is 1.74. The molecule has 0 heteroatoms. The monoisotopic (exact) mass is 294 g/mol.